The molecule has 0 saturated heterocycles. The second kappa shape index (κ2) is 7.61. The SMILES string of the molecule is COc1ccc(NC(=O)C2=C(C)NC(=O)N[C@H]2c2cccc(Br)c2)cc1. The Morgan fingerprint density at radius 1 is 1.19 bits per heavy atom. The molecular weight excluding hydrogens is 398 g/mol. The highest BCUT2D eigenvalue weighted by Crippen LogP contribution is 2.29. The minimum Gasteiger partial charge on any atom is -0.497 e. The third kappa shape index (κ3) is 3.88. The lowest BCUT2D eigenvalue weighted by Crippen LogP contribution is -2.45. The highest BCUT2D eigenvalue weighted by atomic mass is 79.9. The molecule has 3 rings (SSSR count). The zero-order valence-corrected chi connectivity index (χ0v) is 15.9. The van der Waals surface area contributed by atoms with Crippen LogP contribution in [0.1, 0.15) is 18.5 Å². The lowest BCUT2D eigenvalue weighted by molar-refractivity contribution is -0.113. The predicted molar refractivity (Wildman–Crippen MR) is 103 cm³/mol. The van der Waals surface area contributed by atoms with Crippen LogP contribution in [-0.2, 0) is 4.79 Å². The topological polar surface area (TPSA) is 79.5 Å². The summed E-state index contributed by atoms with van der Waals surface area (Å²) in [5.74, 6) is 0.419. The highest BCUT2D eigenvalue weighted by Gasteiger charge is 2.31. The molecule has 3 N–H and O–H groups in total. The van der Waals surface area contributed by atoms with E-state index in [2.05, 4.69) is 31.9 Å². The summed E-state index contributed by atoms with van der Waals surface area (Å²) in [4.78, 5) is 24.8. The third-order valence-electron chi connectivity index (χ3n) is 4.04. The molecule has 1 aliphatic rings. The first-order valence-electron chi connectivity index (χ1n) is 7.97. The molecule has 26 heavy (non-hydrogen) atoms. The van der Waals surface area contributed by atoms with Gasteiger partial charge in [-0.2, -0.15) is 0 Å². The lowest BCUT2D eigenvalue weighted by Gasteiger charge is -2.28. The largest absolute Gasteiger partial charge is 0.497 e. The van der Waals surface area contributed by atoms with Gasteiger partial charge in [-0.3, -0.25) is 4.79 Å². The van der Waals surface area contributed by atoms with Gasteiger partial charge in [0.05, 0.1) is 18.7 Å². The number of halogens is 1. The van der Waals surface area contributed by atoms with Crippen LogP contribution in [0.15, 0.2) is 64.3 Å². The number of carbonyl (C=O) groups is 2. The molecular formula is C19H18BrN3O3. The van der Waals surface area contributed by atoms with Crippen molar-refractivity contribution in [2.24, 2.45) is 0 Å². The number of methoxy groups -OCH3 is 1. The standard InChI is InChI=1S/C19H18BrN3O3/c1-11-16(18(24)22-14-6-8-15(26-2)9-7-14)17(23-19(25)21-11)12-4-3-5-13(20)10-12/h3-10,17H,1-2H3,(H,22,24)(H2,21,23,25)/t17-/m0/s1. The van der Waals surface area contributed by atoms with E-state index in [9.17, 15) is 9.59 Å². The summed E-state index contributed by atoms with van der Waals surface area (Å²) in [5, 5.41) is 8.35. The number of amides is 3. The van der Waals surface area contributed by atoms with Crippen LogP contribution in [0.4, 0.5) is 10.5 Å². The molecule has 1 atom stereocenters. The van der Waals surface area contributed by atoms with E-state index >= 15 is 0 Å². The van der Waals surface area contributed by atoms with E-state index in [1.165, 1.54) is 0 Å². The molecule has 1 heterocycles. The van der Waals surface area contributed by atoms with Gasteiger partial charge in [0.2, 0.25) is 0 Å². The third-order valence-corrected chi connectivity index (χ3v) is 4.54. The van der Waals surface area contributed by atoms with E-state index in [-0.39, 0.29) is 11.9 Å². The lowest BCUT2D eigenvalue weighted by atomic mass is 9.95. The Morgan fingerprint density at radius 3 is 2.58 bits per heavy atom. The minimum atomic E-state index is -0.542. The van der Waals surface area contributed by atoms with Crippen LogP contribution in [0.3, 0.4) is 0 Å². The van der Waals surface area contributed by atoms with Gasteiger partial charge >= 0.3 is 6.03 Å². The number of rotatable bonds is 4. The fraction of sp³-hybridized carbons (Fsp3) is 0.158. The molecule has 2 aromatic carbocycles. The van der Waals surface area contributed by atoms with Crippen molar-refractivity contribution < 1.29 is 14.3 Å². The van der Waals surface area contributed by atoms with Crippen LogP contribution in [0.25, 0.3) is 0 Å². The second-order valence-corrected chi connectivity index (χ2v) is 6.72. The summed E-state index contributed by atoms with van der Waals surface area (Å²) in [6.45, 7) is 1.71. The number of urea groups is 1. The number of nitrogens with one attached hydrogen (secondary N) is 3. The van der Waals surface area contributed by atoms with Gasteiger partial charge in [0, 0.05) is 15.9 Å². The van der Waals surface area contributed by atoms with Crippen LogP contribution in [0.2, 0.25) is 0 Å². The average molecular weight is 416 g/mol. The van der Waals surface area contributed by atoms with Crippen molar-refractivity contribution in [1.82, 2.24) is 10.6 Å². The minimum absolute atomic E-state index is 0.287. The van der Waals surface area contributed by atoms with E-state index in [0.29, 0.717) is 22.7 Å². The summed E-state index contributed by atoms with van der Waals surface area (Å²) >= 11 is 3.43. The maximum absolute atomic E-state index is 12.9. The van der Waals surface area contributed by atoms with Crippen LogP contribution in [-0.4, -0.2) is 19.0 Å². The number of anilines is 1. The van der Waals surface area contributed by atoms with Crippen molar-refractivity contribution in [3.63, 3.8) is 0 Å². The molecule has 0 aliphatic carbocycles. The van der Waals surface area contributed by atoms with Crippen molar-refractivity contribution in [3.05, 3.63) is 69.8 Å². The van der Waals surface area contributed by atoms with Gasteiger partial charge in [-0.1, -0.05) is 28.1 Å². The van der Waals surface area contributed by atoms with Crippen LogP contribution in [0.5, 0.6) is 5.75 Å². The number of carbonyl (C=O) groups excluding carboxylic acids is 2. The number of hydrogen-bond acceptors (Lipinski definition) is 3. The smallest absolute Gasteiger partial charge is 0.319 e. The van der Waals surface area contributed by atoms with Gasteiger partial charge in [0.25, 0.3) is 5.91 Å². The van der Waals surface area contributed by atoms with E-state index in [1.54, 1.807) is 38.3 Å². The first-order chi connectivity index (χ1) is 12.5. The van der Waals surface area contributed by atoms with Crippen molar-refractivity contribution >= 4 is 33.6 Å². The Balaban J connectivity index is 1.91. The zero-order valence-electron chi connectivity index (χ0n) is 14.3. The summed E-state index contributed by atoms with van der Waals surface area (Å²) in [7, 11) is 1.58. The maximum Gasteiger partial charge on any atom is 0.319 e. The van der Waals surface area contributed by atoms with Gasteiger partial charge in [0.1, 0.15) is 5.75 Å². The Bertz CT molecular complexity index is 878. The molecule has 0 fully saturated rings. The fourth-order valence-corrected chi connectivity index (χ4v) is 3.22. The molecule has 0 unspecified atom stereocenters. The Labute approximate surface area is 159 Å². The number of hydrogen-bond donors (Lipinski definition) is 3. The molecule has 0 spiro atoms. The van der Waals surface area contributed by atoms with Crippen molar-refractivity contribution in [2.45, 2.75) is 13.0 Å². The van der Waals surface area contributed by atoms with Crippen LogP contribution in [0, 0.1) is 0 Å². The van der Waals surface area contributed by atoms with E-state index in [1.807, 2.05) is 24.3 Å². The maximum atomic E-state index is 12.9. The first kappa shape index (κ1) is 18.0. The summed E-state index contributed by atoms with van der Waals surface area (Å²) in [6.07, 6.45) is 0. The first-order valence-corrected chi connectivity index (χ1v) is 8.76. The Hall–Kier alpha value is -2.80. The Kier molecular flexibility index (Phi) is 5.27. The van der Waals surface area contributed by atoms with Crippen LogP contribution < -0.4 is 20.7 Å². The summed E-state index contributed by atoms with van der Waals surface area (Å²) < 4.78 is 5.99. The van der Waals surface area contributed by atoms with Gasteiger partial charge in [-0.15, -0.1) is 0 Å². The number of ether oxygens (including phenoxy) is 1. The predicted octanol–water partition coefficient (Wildman–Crippen LogP) is 3.72. The van der Waals surface area contributed by atoms with Gasteiger partial charge < -0.3 is 20.7 Å². The normalized spacial score (nSPS) is 16.6. The van der Waals surface area contributed by atoms with Crippen molar-refractivity contribution in [1.29, 1.82) is 0 Å². The molecule has 1 aliphatic heterocycles. The van der Waals surface area contributed by atoms with E-state index in [4.69, 9.17) is 4.74 Å². The molecule has 6 nitrogen and oxygen atoms in total. The summed E-state index contributed by atoms with van der Waals surface area (Å²) in [6, 6.07) is 13.7. The molecule has 0 aromatic heterocycles. The average Bonchev–Trinajstić information content (AvgIpc) is 2.61. The molecule has 0 radical (unpaired) electrons. The quantitative estimate of drug-likeness (QED) is 0.711. The Morgan fingerprint density at radius 2 is 1.92 bits per heavy atom. The van der Waals surface area contributed by atoms with E-state index in [0.717, 1.165) is 10.0 Å². The second-order valence-electron chi connectivity index (χ2n) is 5.81. The molecule has 0 bridgehead atoms. The molecule has 2 aromatic rings. The van der Waals surface area contributed by atoms with Crippen molar-refractivity contribution in [2.75, 3.05) is 12.4 Å². The van der Waals surface area contributed by atoms with Gasteiger partial charge in [-0.25, -0.2) is 4.79 Å². The van der Waals surface area contributed by atoms with Crippen LogP contribution >= 0.6 is 15.9 Å². The zero-order chi connectivity index (χ0) is 18.7. The molecule has 0 saturated carbocycles. The fourth-order valence-electron chi connectivity index (χ4n) is 2.80. The number of benzene rings is 2. The molecule has 7 heteroatoms. The van der Waals surface area contributed by atoms with Crippen molar-refractivity contribution in [3.8, 4) is 5.75 Å². The van der Waals surface area contributed by atoms with Gasteiger partial charge in [-0.05, 0) is 48.9 Å². The van der Waals surface area contributed by atoms with E-state index < -0.39 is 6.04 Å². The number of allylic oxidation sites excluding steroid dienone is 1. The molecule has 134 valence electrons. The summed E-state index contributed by atoms with van der Waals surface area (Å²) in [5.41, 5.74) is 2.43. The van der Waals surface area contributed by atoms with Gasteiger partial charge in [0.15, 0.2) is 0 Å². The molecule has 3 amide bonds. The monoisotopic (exact) mass is 415 g/mol. The highest BCUT2D eigenvalue weighted by molar-refractivity contribution is 9.10.